The summed E-state index contributed by atoms with van der Waals surface area (Å²) in [6.45, 7) is 2.23. The van der Waals surface area contributed by atoms with Crippen molar-refractivity contribution in [2.45, 2.75) is 44.8 Å². The Morgan fingerprint density at radius 2 is 1.73 bits per heavy atom. The molecule has 0 aliphatic carbocycles. The van der Waals surface area contributed by atoms with Gasteiger partial charge in [0, 0.05) is 32.4 Å². The summed E-state index contributed by atoms with van der Waals surface area (Å²) in [6.07, 6.45) is -2.25. The number of nitrogens with one attached hydrogen (secondary N) is 1. The molecule has 0 saturated carbocycles. The molecule has 6 nitrogen and oxygen atoms in total. The average Bonchev–Trinajstić information content (AvgIpc) is 2.70. The molecule has 1 aromatic heterocycles. The molecule has 1 fully saturated rings. The molecule has 2 heterocycles. The minimum absolute atomic E-state index is 0.209. The lowest BCUT2D eigenvalue weighted by Crippen LogP contribution is -2.35. The Bertz CT molecular complexity index is 918. The number of piperidine rings is 1. The zero-order valence-electron chi connectivity index (χ0n) is 16.4. The van der Waals surface area contributed by atoms with Crippen molar-refractivity contribution in [1.29, 1.82) is 0 Å². The molecule has 1 amide bonds. The maximum absolute atomic E-state index is 12.8. The van der Waals surface area contributed by atoms with Gasteiger partial charge in [-0.1, -0.05) is 24.3 Å². The largest absolute Gasteiger partial charge is 0.421 e. The number of hydrogen-bond acceptors (Lipinski definition) is 4. The number of hydrogen-bond donors (Lipinski definition) is 2. The van der Waals surface area contributed by atoms with Crippen molar-refractivity contribution >= 4 is 5.91 Å². The van der Waals surface area contributed by atoms with Gasteiger partial charge in [-0.3, -0.25) is 14.5 Å². The quantitative estimate of drug-likeness (QED) is 0.747. The third kappa shape index (κ3) is 5.93. The minimum Gasteiger partial charge on any atom is -0.393 e. The topological polar surface area (TPSA) is 74.6 Å². The number of benzene rings is 1. The second-order valence-corrected chi connectivity index (χ2v) is 7.45. The Labute approximate surface area is 171 Å². The number of nitrogens with zero attached hydrogens (tertiary/aromatic N) is 2. The summed E-state index contributed by atoms with van der Waals surface area (Å²) in [5.74, 6) is -0.549. The Hall–Kier alpha value is -2.65. The molecule has 2 N–H and O–H groups in total. The maximum atomic E-state index is 12.8. The van der Waals surface area contributed by atoms with Crippen molar-refractivity contribution in [1.82, 2.24) is 14.8 Å². The van der Waals surface area contributed by atoms with Crippen LogP contribution in [0.3, 0.4) is 0 Å². The second kappa shape index (κ2) is 9.44. The molecule has 0 atom stereocenters. The van der Waals surface area contributed by atoms with E-state index in [9.17, 15) is 27.9 Å². The van der Waals surface area contributed by atoms with Gasteiger partial charge in [0.2, 0.25) is 5.91 Å². The molecule has 30 heavy (non-hydrogen) atoms. The van der Waals surface area contributed by atoms with Gasteiger partial charge < -0.3 is 15.0 Å². The number of carbonyl (C=O) groups excluding carboxylic acids is 1. The Morgan fingerprint density at radius 1 is 1.10 bits per heavy atom. The Balaban J connectivity index is 1.51. The summed E-state index contributed by atoms with van der Waals surface area (Å²) in [7, 11) is 0. The standard InChI is InChI=1S/C21H24F3N3O3/c22-21(23,24)18-2-1-9-27(20(18)30)14-19(29)25-12-15-3-5-16(6-4-15)13-26-10-7-17(28)8-11-26/h1-6,9,17,28H,7-8,10-14H2,(H,25,29). The van der Waals surface area contributed by atoms with E-state index in [1.54, 1.807) is 0 Å². The highest BCUT2D eigenvalue weighted by molar-refractivity contribution is 5.75. The van der Waals surface area contributed by atoms with Gasteiger partial charge in [-0.2, -0.15) is 13.2 Å². The molecule has 9 heteroatoms. The van der Waals surface area contributed by atoms with Gasteiger partial charge in [0.15, 0.2) is 0 Å². The van der Waals surface area contributed by atoms with Crippen molar-refractivity contribution in [3.05, 3.63) is 69.6 Å². The van der Waals surface area contributed by atoms with E-state index in [-0.39, 0.29) is 12.6 Å². The molecule has 2 aromatic rings. The third-order valence-corrected chi connectivity index (χ3v) is 5.12. The van der Waals surface area contributed by atoms with Crippen molar-refractivity contribution in [2.75, 3.05) is 13.1 Å². The molecule has 0 spiro atoms. The lowest BCUT2D eigenvalue weighted by Gasteiger charge is -2.29. The zero-order valence-corrected chi connectivity index (χ0v) is 16.4. The minimum atomic E-state index is -4.76. The molecule has 1 aliphatic rings. The van der Waals surface area contributed by atoms with Crippen LogP contribution in [0.5, 0.6) is 0 Å². The number of aromatic nitrogens is 1. The first kappa shape index (κ1) is 22.0. The van der Waals surface area contributed by atoms with Crippen molar-refractivity contribution in [3.63, 3.8) is 0 Å². The number of halogens is 3. The fraction of sp³-hybridized carbons (Fsp3) is 0.429. The van der Waals surface area contributed by atoms with E-state index >= 15 is 0 Å². The van der Waals surface area contributed by atoms with E-state index in [2.05, 4.69) is 10.2 Å². The van der Waals surface area contributed by atoms with Crippen molar-refractivity contribution in [3.8, 4) is 0 Å². The van der Waals surface area contributed by atoms with Gasteiger partial charge >= 0.3 is 6.18 Å². The molecule has 0 unspecified atom stereocenters. The van der Waals surface area contributed by atoms with Gasteiger partial charge in [-0.25, -0.2) is 0 Å². The summed E-state index contributed by atoms with van der Waals surface area (Å²) in [6, 6.07) is 9.48. The molecule has 1 aliphatic heterocycles. The summed E-state index contributed by atoms with van der Waals surface area (Å²) in [5.41, 5.74) is -0.569. The average molecular weight is 423 g/mol. The molecule has 1 aromatic carbocycles. The number of aliphatic hydroxyl groups is 1. The zero-order chi connectivity index (χ0) is 21.7. The highest BCUT2D eigenvalue weighted by atomic mass is 19.4. The highest BCUT2D eigenvalue weighted by Gasteiger charge is 2.34. The number of rotatable bonds is 6. The van der Waals surface area contributed by atoms with Gasteiger partial charge in [0.05, 0.1) is 6.10 Å². The molecule has 1 saturated heterocycles. The highest BCUT2D eigenvalue weighted by Crippen LogP contribution is 2.25. The predicted molar refractivity (Wildman–Crippen MR) is 105 cm³/mol. The number of alkyl halides is 3. The van der Waals surface area contributed by atoms with E-state index in [4.69, 9.17) is 0 Å². The Kier molecular flexibility index (Phi) is 6.94. The van der Waals surface area contributed by atoms with Crippen LogP contribution in [0, 0.1) is 0 Å². The molecule has 0 radical (unpaired) electrons. The first-order valence-electron chi connectivity index (χ1n) is 9.74. The van der Waals surface area contributed by atoms with Gasteiger partial charge in [-0.15, -0.1) is 0 Å². The molecule has 0 bridgehead atoms. The van der Waals surface area contributed by atoms with Crippen LogP contribution in [0.15, 0.2) is 47.4 Å². The van der Waals surface area contributed by atoms with E-state index in [0.29, 0.717) is 6.07 Å². The first-order chi connectivity index (χ1) is 14.2. The normalized spacial score (nSPS) is 15.9. The Morgan fingerprint density at radius 3 is 2.37 bits per heavy atom. The number of amides is 1. The smallest absolute Gasteiger partial charge is 0.393 e. The van der Waals surface area contributed by atoms with Crippen LogP contribution in [0.4, 0.5) is 13.2 Å². The van der Waals surface area contributed by atoms with E-state index in [1.165, 1.54) is 0 Å². The molecule has 3 rings (SSSR count). The van der Waals surface area contributed by atoms with Gasteiger partial charge in [-0.05, 0) is 36.1 Å². The lowest BCUT2D eigenvalue weighted by atomic mass is 10.1. The fourth-order valence-electron chi connectivity index (χ4n) is 3.39. The van der Waals surface area contributed by atoms with Crippen LogP contribution < -0.4 is 10.9 Å². The lowest BCUT2D eigenvalue weighted by molar-refractivity contribution is -0.139. The van der Waals surface area contributed by atoms with Crippen LogP contribution in [0.2, 0.25) is 0 Å². The number of likely N-dealkylation sites (tertiary alicyclic amines) is 1. The number of carbonyl (C=O) groups is 1. The van der Waals surface area contributed by atoms with E-state index in [1.807, 2.05) is 24.3 Å². The van der Waals surface area contributed by atoms with Crippen LogP contribution in [0.25, 0.3) is 0 Å². The van der Waals surface area contributed by atoms with Crippen molar-refractivity contribution in [2.24, 2.45) is 0 Å². The van der Waals surface area contributed by atoms with Crippen molar-refractivity contribution < 1.29 is 23.1 Å². The van der Waals surface area contributed by atoms with Crippen LogP contribution in [-0.2, 0) is 30.6 Å². The van der Waals surface area contributed by atoms with Gasteiger partial charge in [0.1, 0.15) is 12.1 Å². The molecular weight excluding hydrogens is 399 g/mol. The molecule has 162 valence electrons. The van der Waals surface area contributed by atoms with Crippen LogP contribution in [0.1, 0.15) is 29.5 Å². The number of pyridine rings is 1. The first-order valence-corrected chi connectivity index (χ1v) is 9.74. The second-order valence-electron chi connectivity index (χ2n) is 7.45. The SMILES string of the molecule is O=C(Cn1cccc(C(F)(F)F)c1=O)NCc1ccc(CN2CCC(O)CC2)cc1. The fourth-order valence-corrected chi connectivity index (χ4v) is 3.39. The van der Waals surface area contributed by atoms with Crippen LogP contribution >= 0.6 is 0 Å². The van der Waals surface area contributed by atoms with E-state index < -0.39 is 29.8 Å². The molecular formula is C21H24F3N3O3. The third-order valence-electron chi connectivity index (χ3n) is 5.12. The predicted octanol–water partition coefficient (Wildman–Crippen LogP) is 2.14. The van der Waals surface area contributed by atoms with Crippen LogP contribution in [-0.4, -0.2) is 39.7 Å². The summed E-state index contributed by atoms with van der Waals surface area (Å²) in [4.78, 5) is 26.2. The summed E-state index contributed by atoms with van der Waals surface area (Å²) in [5, 5.41) is 12.2. The number of aliphatic hydroxyl groups excluding tert-OH is 1. The summed E-state index contributed by atoms with van der Waals surface area (Å²) < 4.78 is 39.2. The summed E-state index contributed by atoms with van der Waals surface area (Å²) >= 11 is 0. The maximum Gasteiger partial charge on any atom is 0.421 e. The van der Waals surface area contributed by atoms with Gasteiger partial charge in [0.25, 0.3) is 5.56 Å². The monoisotopic (exact) mass is 423 g/mol. The van der Waals surface area contributed by atoms with E-state index in [0.717, 1.165) is 60.4 Å².